The van der Waals surface area contributed by atoms with Crippen molar-refractivity contribution in [2.24, 2.45) is 4.99 Å². The zero-order chi connectivity index (χ0) is 12.3. The predicted molar refractivity (Wildman–Crippen MR) is 67.0 cm³/mol. The first-order chi connectivity index (χ1) is 8.08. The van der Waals surface area contributed by atoms with E-state index < -0.39 is 10.1 Å². The second-order valence-electron chi connectivity index (χ2n) is 3.20. The number of rotatable bonds is 3. The third kappa shape index (κ3) is 3.07. The van der Waals surface area contributed by atoms with E-state index in [0.717, 1.165) is 4.47 Å². The molecule has 0 amide bonds. The van der Waals surface area contributed by atoms with Gasteiger partial charge in [0.05, 0.1) is 12.9 Å². The Bertz CT molecular complexity index is 564. The van der Waals surface area contributed by atoms with E-state index in [9.17, 15) is 8.42 Å². The van der Waals surface area contributed by atoms with Crippen molar-refractivity contribution in [3.63, 3.8) is 0 Å². The van der Waals surface area contributed by atoms with Crippen LogP contribution >= 0.6 is 15.9 Å². The summed E-state index contributed by atoms with van der Waals surface area (Å²) >= 11 is 3.23. The van der Waals surface area contributed by atoms with Gasteiger partial charge >= 0.3 is 10.1 Å². The number of benzene rings is 1. The Labute approximate surface area is 107 Å². The van der Waals surface area contributed by atoms with Gasteiger partial charge in [-0.3, -0.25) is 4.99 Å². The highest BCUT2D eigenvalue weighted by Gasteiger charge is 2.18. The summed E-state index contributed by atoms with van der Waals surface area (Å²) < 4.78 is 29.4. The molecule has 0 atom stereocenters. The van der Waals surface area contributed by atoms with Crippen LogP contribution in [0.5, 0.6) is 0 Å². The highest BCUT2D eigenvalue weighted by atomic mass is 79.9. The summed E-state index contributed by atoms with van der Waals surface area (Å²) in [5.74, 6) is 0.169. The zero-order valence-electron chi connectivity index (χ0n) is 8.63. The molecule has 90 valence electrons. The maximum Gasteiger partial charge on any atom is 0.340 e. The zero-order valence-corrected chi connectivity index (χ0v) is 11.0. The van der Waals surface area contributed by atoms with Crippen LogP contribution < -0.4 is 5.32 Å². The molecule has 0 fully saturated rings. The van der Waals surface area contributed by atoms with E-state index in [1.807, 2.05) is 0 Å². The maximum absolute atomic E-state index is 11.8. The van der Waals surface area contributed by atoms with Gasteiger partial charge in [-0.2, -0.15) is 8.42 Å². The van der Waals surface area contributed by atoms with Crippen LogP contribution in [0.2, 0.25) is 0 Å². The molecule has 1 aliphatic rings. The van der Waals surface area contributed by atoms with Crippen LogP contribution in [0.25, 0.3) is 0 Å². The molecule has 0 radical (unpaired) electrons. The van der Waals surface area contributed by atoms with Crippen molar-refractivity contribution < 1.29 is 12.6 Å². The number of halogens is 1. The van der Waals surface area contributed by atoms with Gasteiger partial charge in [0.25, 0.3) is 0 Å². The third-order valence-corrected chi connectivity index (χ3v) is 3.76. The van der Waals surface area contributed by atoms with Crippen LogP contribution in [0.1, 0.15) is 0 Å². The molecule has 1 aromatic carbocycles. The van der Waals surface area contributed by atoms with Gasteiger partial charge < -0.3 is 9.50 Å². The van der Waals surface area contributed by atoms with E-state index in [-0.39, 0.29) is 10.8 Å². The van der Waals surface area contributed by atoms with Crippen LogP contribution in [0.15, 0.2) is 50.6 Å². The van der Waals surface area contributed by atoms with E-state index in [0.29, 0.717) is 6.54 Å². The normalized spacial score (nSPS) is 15.0. The van der Waals surface area contributed by atoms with E-state index in [1.165, 1.54) is 18.5 Å². The molecule has 1 aromatic rings. The summed E-state index contributed by atoms with van der Waals surface area (Å²) in [4.78, 5) is 3.95. The first kappa shape index (κ1) is 12.1. The molecule has 7 heteroatoms. The molecule has 0 aliphatic carbocycles. The monoisotopic (exact) mass is 316 g/mol. The summed E-state index contributed by atoms with van der Waals surface area (Å²) in [6.07, 6.45) is 2.95. The SMILES string of the molecule is O=S(=O)(OC1=CCN=CN1)c1ccc(Br)cc1. The quantitative estimate of drug-likeness (QED) is 0.861. The Morgan fingerprint density at radius 3 is 2.59 bits per heavy atom. The molecule has 17 heavy (non-hydrogen) atoms. The Kier molecular flexibility index (Phi) is 3.49. The lowest BCUT2D eigenvalue weighted by Gasteiger charge is -2.11. The van der Waals surface area contributed by atoms with Gasteiger partial charge in [0.15, 0.2) is 0 Å². The molecule has 5 nitrogen and oxygen atoms in total. The highest BCUT2D eigenvalue weighted by molar-refractivity contribution is 9.10. The Hall–Kier alpha value is -1.34. The van der Waals surface area contributed by atoms with Gasteiger partial charge in [-0.25, -0.2) is 0 Å². The number of aliphatic imine (C=N–C) groups is 1. The molecule has 0 unspecified atom stereocenters. The molecule has 0 aromatic heterocycles. The first-order valence-electron chi connectivity index (χ1n) is 4.73. The lowest BCUT2D eigenvalue weighted by molar-refractivity contribution is 0.388. The van der Waals surface area contributed by atoms with Crippen LogP contribution in [0.4, 0.5) is 0 Å². The van der Waals surface area contributed by atoms with Gasteiger partial charge in [0, 0.05) is 4.47 Å². The van der Waals surface area contributed by atoms with Crippen molar-refractivity contribution >= 4 is 32.4 Å². The van der Waals surface area contributed by atoms with Gasteiger partial charge in [0.1, 0.15) is 4.90 Å². The third-order valence-electron chi connectivity index (χ3n) is 1.98. The van der Waals surface area contributed by atoms with Crippen LogP contribution in [-0.4, -0.2) is 21.3 Å². The molecule has 1 heterocycles. The summed E-state index contributed by atoms with van der Waals surface area (Å²) in [5, 5.41) is 2.62. The lowest BCUT2D eigenvalue weighted by Crippen LogP contribution is -2.20. The fraction of sp³-hybridized carbons (Fsp3) is 0.100. The number of nitrogens with zero attached hydrogens (tertiary/aromatic N) is 1. The van der Waals surface area contributed by atoms with E-state index >= 15 is 0 Å². The largest absolute Gasteiger partial charge is 0.360 e. The summed E-state index contributed by atoms with van der Waals surface area (Å²) in [6, 6.07) is 6.22. The van der Waals surface area contributed by atoms with Crippen molar-refractivity contribution in [1.29, 1.82) is 0 Å². The molecule has 1 N–H and O–H groups in total. The Balaban J connectivity index is 2.19. The van der Waals surface area contributed by atoms with E-state index in [1.54, 1.807) is 18.2 Å². The van der Waals surface area contributed by atoms with Crippen LogP contribution in [-0.2, 0) is 14.3 Å². The van der Waals surface area contributed by atoms with Crippen molar-refractivity contribution in [3.05, 3.63) is 40.7 Å². The number of nitrogens with one attached hydrogen (secondary N) is 1. The molecular formula is C10H9BrN2O3S. The molecule has 2 rings (SSSR count). The smallest absolute Gasteiger partial charge is 0.340 e. The van der Waals surface area contributed by atoms with Crippen molar-refractivity contribution in [3.8, 4) is 0 Å². The Morgan fingerprint density at radius 2 is 2.00 bits per heavy atom. The first-order valence-corrected chi connectivity index (χ1v) is 6.93. The second kappa shape index (κ2) is 4.89. The molecule has 0 bridgehead atoms. The Morgan fingerprint density at radius 1 is 1.29 bits per heavy atom. The molecule has 0 saturated heterocycles. The molecule has 0 spiro atoms. The fourth-order valence-corrected chi connectivity index (χ4v) is 2.36. The molecule has 0 saturated carbocycles. The van der Waals surface area contributed by atoms with E-state index in [2.05, 4.69) is 26.2 Å². The van der Waals surface area contributed by atoms with Crippen molar-refractivity contribution in [1.82, 2.24) is 5.32 Å². The predicted octanol–water partition coefficient (Wildman–Crippen LogP) is 1.63. The van der Waals surface area contributed by atoms with Crippen molar-refractivity contribution in [2.45, 2.75) is 4.90 Å². The minimum Gasteiger partial charge on any atom is -0.360 e. The van der Waals surface area contributed by atoms with Gasteiger partial charge in [-0.05, 0) is 30.3 Å². The van der Waals surface area contributed by atoms with Gasteiger partial charge in [-0.15, -0.1) is 0 Å². The van der Waals surface area contributed by atoms with Crippen molar-refractivity contribution in [2.75, 3.05) is 6.54 Å². The standard InChI is InChI=1S/C10H9BrN2O3S/c11-8-1-3-9(4-2-8)17(14,15)16-10-5-6-12-7-13-10/h1-5,7H,6H2,(H,12,13). The minimum absolute atomic E-state index is 0.103. The van der Waals surface area contributed by atoms with E-state index in [4.69, 9.17) is 4.18 Å². The average Bonchev–Trinajstić information content (AvgIpc) is 2.30. The molecular weight excluding hydrogens is 308 g/mol. The molecule has 1 aliphatic heterocycles. The van der Waals surface area contributed by atoms with Gasteiger partial charge in [0.2, 0.25) is 5.88 Å². The maximum atomic E-state index is 11.8. The second-order valence-corrected chi connectivity index (χ2v) is 5.66. The minimum atomic E-state index is -3.79. The summed E-state index contributed by atoms with van der Waals surface area (Å²) in [7, 11) is -3.79. The fourth-order valence-electron chi connectivity index (χ4n) is 1.18. The lowest BCUT2D eigenvalue weighted by atomic mass is 10.4. The summed E-state index contributed by atoms with van der Waals surface area (Å²) in [6.45, 7) is 0.401. The van der Waals surface area contributed by atoms with Crippen LogP contribution in [0.3, 0.4) is 0 Å². The average molecular weight is 317 g/mol. The van der Waals surface area contributed by atoms with Crippen LogP contribution in [0, 0.1) is 0 Å². The number of hydrogen-bond acceptors (Lipinski definition) is 5. The highest BCUT2D eigenvalue weighted by Crippen LogP contribution is 2.18. The topological polar surface area (TPSA) is 67.8 Å². The summed E-state index contributed by atoms with van der Waals surface area (Å²) in [5.41, 5.74) is 0. The van der Waals surface area contributed by atoms with Gasteiger partial charge in [-0.1, -0.05) is 15.9 Å². The number of hydrogen-bond donors (Lipinski definition) is 1.